The number of azide groups is 1. The normalized spacial score (nSPS) is 28.1. The summed E-state index contributed by atoms with van der Waals surface area (Å²) in [7, 11) is 0. The van der Waals surface area contributed by atoms with Gasteiger partial charge in [0.1, 0.15) is 31.1 Å². The van der Waals surface area contributed by atoms with Crippen molar-refractivity contribution in [2.75, 3.05) is 13.3 Å². The van der Waals surface area contributed by atoms with Gasteiger partial charge in [0, 0.05) is 4.91 Å². The Hall–Kier alpha value is -2.49. The zero-order valence-electron chi connectivity index (χ0n) is 18.8. The van der Waals surface area contributed by atoms with Crippen LogP contribution in [0.2, 0.25) is 0 Å². The van der Waals surface area contributed by atoms with Gasteiger partial charge in [-0.15, -0.1) is 0 Å². The second-order valence-electron chi connectivity index (χ2n) is 8.40. The summed E-state index contributed by atoms with van der Waals surface area (Å²) in [5, 5.41) is 3.48. The van der Waals surface area contributed by atoms with E-state index < -0.39 is 36.5 Å². The van der Waals surface area contributed by atoms with Crippen LogP contribution in [0.1, 0.15) is 25.0 Å². The first-order valence-electron chi connectivity index (χ1n) is 11.0. The Labute approximate surface area is 193 Å². The zero-order valence-corrected chi connectivity index (χ0v) is 18.8. The second kappa shape index (κ2) is 11.1. The fraction of sp³-hybridized carbons (Fsp3) is 0.500. The van der Waals surface area contributed by atoms with Crippen LogP contribution in [0.5, 0.6) is 0 Å². The number of hydrogen-bond donors (Lipinski definition) is 0. The van der Waals surface area contributed by atoms with Gasteiger partial charge in [-0.1, -0.05) is 65.8 Å². The van der Waals surface area contributed by atoms with E-state index in [4.69, 9.17) is 34.0 Å². The van der Waals surface area contributed by atoms with Crippen molar-refractivity contribution in [1.82, 2.24) is 0 Å². The van der Waals surface area contributed by atoms with E-state index in [0.29, 0.717) is 13.2 Å². The van der Waals surface area contributed by atoms with Gasteiger partial charge < -0.3 is 28.4 Å². The molecule has 2 aromatic rings. The molecule has 9 nitrogen and oxygen atoms in total. The number of hydrogen-bond acceptors (Lipinski definition) is 7. The molecule has 2 fully saturated rings. The maximum atomic E-state index is 8.65. The van der Waals surface area contributed by atoms with Gasteiger partial charge in [0.15, 0.2) is 12.1 Å². The molecule has 2 aliphatic heterocycles. The molecule has 0 saturated carbocycles. The van der Waals surface area contributed by atoms with Crippen molar-refractivity contribution >= 4 is 0 Å². The molecule has 9 heteroatoms. The summed E-state index contributed by atoms with van der Waals surface area (Å²) >= 11 is 0. The first-order chi connectivity index (χ1) is 16.1. The molecule has 0 aliphatic carbocycles. The van der Waals surface area contributed by atoms with Crippen molar-refractivity contribution in [3.05, 3.63) is 82.2 Å². The third kappa shape index (κ3) is 6.31. The summed E-state index contributed by atoms with van der Waals surface area (Å²) in [4.78, 5) is 2.75. The average Bonchev–Trinajstić information content (AvgIpc) is 3.15. The Morgan fingerprint density at radius 2 is 1.55 bits per heavy atom. The van der Waals surface area contributed by atoms with Gasteiger partial charge >= 0.3 is 0 Å². The molecule has 2 aliphatic rings. The molecule has 0 radical (unpaired) electrons. The van der Waals surface area contributed by atoms with Gasteiger partial charge in [0.05, 0.1) is 19.8 Å². The molecule has 2 heterocycles. The largest absolute Gasteiger partial charge is 0.374 e. The van der Waals surface area contributed by atoms with Crippen molar-refractivity contribution in [2.45, 2.75) is 63.6 Å². The van der Waals surface area contributed by atoms with E-state index >= 15 is 0 Å². The van der Waals surface area contributed by atoms with Crippen LogP contribution in [0.25, 0.3) is 10.4 Å². The third-order valence-electron chi connectivity index (χ3n) is 5.47. The van der Waals surface area contributed by atoms with Crippen LogP contribution < -0.4 is 0 Å². The van der Waals surface area contributed by atoms with Crippen LogP contribution in [0.3, 0.4) is 0 Å². The lowest BCUT2D eigenvalue weighted by molar-refractivity contribution is -0.295. The molecule has 5 atom stereocenters. The van der Waals surface area contributed by atoms with Crippen molar-refractivity contribution in [2.24, 2.45) is 5.11 Å². The summed E-state index contributed by atoms with van der Waals surface area (Å²) < 4.78 is 36.5. The molecule has 2 saturated heterocycles. The van der Waals surface area contributed by atoms with Crippen molar-refractivity contribution in [1.29, 1.82) is 0 Å². The monoisotopic (exact) mass is 455 g/mol. The fourth-order valence-electron chi connectivity index (χ4n) is 4.05. The van der Waals surface area contributed by atoms with E-state index in [1.54, 1.807) is 0 Å². The quantitative estimate of drug-likeness (QED) is 0.300. The fourth-order valence-corrected chi connectivity index (χ4v) is 4.05. The average molecular weight is 456 g/mol. The highest BCUT2D eigenvalue weighted by molar-refractivity contribution is 5.14. The highest BCUT2D eigenvalue weighted by Crippen LogP contribution is 2.39. The smallest absolute Gasteiger partial charge is 0.187 e. The molecule has 0 N–H and O–H groups in total. The van der Waals surface area contributed by atoms with Crippen molar-refractivity contribution in [3.8, 4) is 0 Å². The first kappa shape index (κ1) is 23.7. The highest BCUT2D eigenvalue weighted by atomic mass is 16.8. The predicted molar refractivity (Wildman–Crippen MR) is 119 cm³/mol. The van der Waals surface area contributed by atoms with E-state index in [1.807, 2.05) is 74.5 Å². The number of nitrogens with zero attached hydrogens (tertiary/aromatic N) is 3. The molecule has 33 heavy (non-hydrogen) atoms. The predicted octanol–water partition coefficient (Wildman–Crippen LogP) is 4.32. The Morgan fingerprint density at radius 1 is 0.909 bits per heavy atom. The van der Waals surface area contributed by atoms with Gasteiger partial charge in [-0.3, -0.25) is 0 Å². The van der Waals surface area contributed by atoms with E-state index in [-0.39, 0.29) is 13.3 Å². The summed E-state index contributed by atoms with van der Waals surface area (Å²) in [6.45, 7) is 4.60. The van der Waals surface area contributed by atoms with Gasteiger partial charge in [-0.25, -0.2) is 0 Å². The van der Waals surface area contributed by atoms with Crippen LogP contribution in [-0.4, -0.2) is 49.8 Å². The Morgan fingerprint density at radius 3 is 2.21 bits per heavy atom. The molecule has 2 aromatic carbocycles. The van der Waals surface area contributed by atoms with Crippen LogP contribution in [0, 0.1) is 0 Å². The third-order valence-corrected chi connectivity index (χ3v) is 5.47. The van der Waals surface area contributed by atoms with E-state index in [2.05, 4.69) is 10.0 Å². The molecule has 0 spiro atoms. The minimum atomic E-state index is -0.816. The molecule has 0 bridgehead atoms. The van der Waals surface area contributed by atoms with Gasteiger partial charge in [-0.05, 0) is 30.5 Å². The second-order valence-corrected chi connectivity index (χ2v) is 8.40. The van der Waals surface area contributed by atoms with E-state index in [1.165, 1.54) is 0 Å². The molecule has 0 amide bonds. The van der Waals surface area contributed by atoms with Crippen LogP contribution in [-0.2, 0) is 41.6 Å². The summed E-state index contributed by atoms with van der Waals surface area (Å²) in [5.41, 5.74) is 10.7. The van der Waals surface area contributed by atoms with Crippen LogP contribution in [0.15, 0.2) is 65.8 Å². The van der Waals surface area contributed by atoms with E-state index in [0.717, 1.165) is 11.1 Å². The highest BCUT2D eigenvalue weighted by Gasteiger charge is 2.56. The van der Waals surface area contributed by atoms with Gasteiger partial charge in [-0.2, -0.15) is 0 Å². The summed E-state index contributed by atoms with van der Waals surface area (Å²) in [5.74, 6) is -0.815. The number of benzene rings is 2. The Kier molecular flexibility index (Phi) is 7.95. The topological polar surface area (TPSA) is 104 Å². The Bertz CT molecular complexity index is 922. The standard InChI is InChI=1S/C24H29N3O6/c1-24(2)32-20-19(15-28-13-17-9-5-3-6-10-17)31-23(30-16-26-27-25)22(21(20)33-24)29-14-18-11-7-4-8-12-18/h3-12,19-23H,13-16H2,1-2H3/t19?,20-,21-,22?,23+/m0/s1. The minimum absolute atomic E-state index is 0.189. The summed E-state index contributed by atoms with van der Waals surface area (Å²) in [6, 6.07) is 19.7. The first-order valence-corrected chi connectivity index (χ1v) is 11.0. The number of ether oxygens (including phenoxy) is 6. The Balaban J connectivity index is 1.47. The molecule has 2 unspecified atom stereocenters. The maximum Gasteiger partial charge on any atom is 0.187 e. The SMILES string of the molecule is CC1(C)O[C@@H]2C(OCc3ccccc3)[C@H](OCN=[N+]=[N-])OC(COCc3ccccc3)[C@@H]2O1. The van der Waals surface area contributed by atoms with E-state index in [9.17, 15) is 0 Å². The summed E-state index contributed by atoms with van der Waals surface area (Å²) in [6.07, 6.45) is -2.71. The maximum absolute atomic E-state index is 8.65. The van der Waals surface area contributed by atoms with Gasteiger partial charge in [0.2, 0.25) is 0 Å². The van der Waals surface area contributed by atoms with Crippen molar-refractivity contribution in [3.63, 3.8) is 0 Å². The van der Waals surface area contributed by atoms with Gasteiger partial charge in [0.25, 0.3) is 0 Å². The van der Waals surface area contributed by atoms with Crippen LogP contribution in [0.4, 0.5) is 0 Å². The zero-order chi connectivity index (χ0) is 23.1. The van der Waals surface area contributed by atoms with Crippen molar-refractivity contribution < 1.29 is 28.4 Å². The molecular formula is C24H29N3O6. The lowest BCUT2D eigenvalue weighted by atomic mass is 9.99. The molecule has 0 aromatic heterocycles. The number of fused-ring (bicyclic) bond motifs is 1. The molecular weight excluding hydrogens is 426 g/mol. The minimum Gasteiger partial charge on any atom is -0.374 e. The molecule has 4 rings (SSSR count). The lowest BCUT2D eigenvalue weighted by Crippen LogP contribution is -2.59. The lowest BCUT2D eigenvalue weighted by Gasteiger charge is -2.41. The molecule has 176 valence electrons. The number of rotatable bonds is 10. The van der Waals surface area contributed by atoms with Crippen LogP contribution >= 0.6 is 0 Å².